The second kappa shape index (κ2) is 10.4. The quantitative estimate of drug-likeness (QED) is 0.633. The molecule has 1 unspecified atom stereocenters. The van der Waals surface area contributed by atoms with Crippen molar-refractivity contribution >= 4 is 23.2 Å². The summed E-state index contributed by atoms with van der Waals surface area (Å²) in [6.07, 6.45) is -2.03. The van der Waals surface area contributed by atoms with E-state index in [1.165, 1.54) is 0 Å². The Balaban J connectivity index is 1.41. The van der Waals surface area contributed by atoms with Crippen molar-refractivity contribution in [3.05, 3.63) is 54.1 Å². The van der Waals surface area contributed by atoms with E-state index in [2.05, 4.69) is 15.5 Å². The van der Waals surface area contributed by atoms with Crippen molar-refractivity contribution in [1.29, 1.82) is 0 Å². The highest BCUT2D eigenvalue weighted by atomic mass is 19.4. The molecule has 1 saturated heterocycles. The van der Waals surface area contributed by atoms with E-state index in [9.17, 15) is 22.8 Å². The molecule has 3 rings (SSSR count). The lowest BCUT2D eigenvalue weighted by molar-refractivity contribution is -0.137. The van der Waals surface area contributed by atoms with Gasteiger partial charge in [-0.15, -0.1) is 0 Å². The lowest BCUT2D eigenvalue weighted by atomic mass is 10.2. The van der Waals surface area contributed by atoms with Crippen LogP contribution in [0.2, 0.25) is 0 Å². The first kappa shape index (κ1) is 23.4. The molecule has 172 valence electrons. The molecule has 2 aromatic carbocycles. The van der Waals surface area contributed by atoms with Crippen LogP contribution in [0.4, 0.5) is 24.5 Å². The first-order valence-electron chi connectivity index (χ1n) is 10.4. The zero-order valence-electron chi connectivity index (χ0n) is 17.7. The standard InChI is InChI=1S/C23H26F3N3O3/c1-16(27-22(31)15-32-20-9-7-17(8-10-20)23(24,25)26)13-21(30)28-18-5-4-6-19(14-18)29-11-2-3-12-29/h4-10,14,16H,2-3,11-13,15H2,1H3,(H,27,31)(H,28,30). The fourth-order valence-corrected chi connectivity index (χ4v) is 3.50. The van der Waals surface area contributed by atoms with Crippen LogP contribution in [0, 0.1) is 0 Å². The van der Waals surface area contributed by atoms with Gasteiger partial charge in [0.2, 0.25) is 5.91 Å². The van der Waals surface area contributed by atoms with Gasteiger partial charge in [0.05, 0.1) is 5.56 Å². The molecule has 0 saturated carbocycles. The van der Waals surface area contributed by atoms with Crippen LogP contribution in [-0.4, -0.2) is 37.6 Å². The molecule has 1 fully saturated rings. The minimum absolute atomic E-state index is 0.0694. The second-order valence-electron chi connectivity index (χ2n) is 7.78. The topological polar surface area (TPSA) is 70.7 Å². The van der Waals surface area contributed by atoms with Gasteiger partial charge in [0.15, 0.2) is 6.61 Å². The van der Waals surface area contributed by atoms with Crippen LogP contribution in [0.1, 0.15) is 31.7 Å². The molecule has 1 heterocycles. The third kappa shape index (κ3) is 6.90. The number of anilines is 2. The zero-order valence-corrected chi connectivity index (χ0v) is 17.7. The summed E-state index contributed by atoms with van der Waals surface area (Å²) in [7, 11) is 0. The average molecular weight is 449 g/mol. The number of ether oxygens (including phenoxy) is 1. The van der Waals surface area contributed by atoms with Crippen LogP contribution in [0.3, 0.4) is 0 Å². The maximum atomic E-state index is 12.6. The van der Waals surface area contributed by atoms with Crippen molar-refractivity contribution in [2.45, 2.75) is 38.4 Å². The molecule has 0 aliphatic carbocycles. The van der Waals surface area contributed by atoms with E-state index in [-0.39, 0.29) is 24.7 Å². The molecule has 1 atom stereocenters. The van der Waals surface area contributed by atoms with Gasteiger partial charge in [-0.3, -0.25) is 9.59 Å². The molecule has 1 aliphatic rings. The number of carbonyl (C=O) groups is 2. The van der Waals surface area contributed by atoms with Crippen molar-refractivity contribution < 1.29 is 27.5 Å². The number of hydrogen-bond donors (Lipinski definition) is 2. The summed E-state index contributed by atoms with van der Waals surface area (Å²) in [5.74, 6) is -0.558. The maximum absolute atomic E-state index is 12.6. The number of alkyl halides is 3. The van der Waals surface area contributed by atoms with Gasteiger partial charge in [-0.1, -0.05) is 6.07 Å². The lowest BCUT2D eigenvalue weighted by Gasteiger charge is -2.19. The van der Waals surface area contributed by atoms with Crippen LogP contribution < -0.4 is 20.3 Å². The zero-order chi connectivity index (χ0) is 23.1. The number of nitrogens with one attached hydrogen (secondary N) is 2. The summed E-state index contributed by atoms with van der Waals surface area (Å²) in [5.41, 5.74) is 0.977. The number of hydrogen-bond acceptors (Lipinski definition) is 4. The van der Waals surface area contributed by atoms with Crippen LogP contribution in [0.25, 0.3) is 0 Å². The molecule has 6 nitrogen and oxygen atoms in total. The Morgan fingerprint density at radius 1 is 1.06 bits per heavy atom. The first-order chi connectivity index (χ1) is 15.2. The fraction of sp³-hybridized carbons (Fsp3) is 0.391. The van der Waals surface area contributed by atoms with E-state index in [1.54, 1.807) is 6.92 Å². The van der Waals surface area contributed by atoms with Gasteiger partial charge in [-0.25, -0.2) is 0 Å². The van der Waals surface area contributed by atoms with Gasteiger partial charge < -0.3 is 20.3 Å². The number of carbonyl (C=O) groups excluding carboxylic acids is 2. The van der Waals surface area contributed by atoms with Gasteiger partial charge in [-0.2, -0.15) is 13.2 Å². The number of benzene rings is 2. The third-order valence-corrected chi connectivity index (χ3v) is 5.05. The Morgan fingerprint density at radius 3 is 2.41 bits per heavy atom. The van der Waals surface area contributed by atoms with E-state index >= 15 is 0 Å². The molecule has 1 aliphatic heterocycles. The maximum Gasteiger partial charge on any atom is 0.416 e. The SMILES string of the molecule is CC(CC(=O)Nc1cccc(N2CCCC2)c1)NC(=O)COc1ccc(C(F)(F)F)cc1. The van der Waals surface area contributed by atoms with Gasteiger partial charge in [-0.05, 0) is 62.2 Å². The van der Waals surface area contributed by atoms with Crippen LogP contribution in [0.5, 0.6) is 5.75 Å². The van der Waals surface area contributed by atoms with Crippen molar-refractivity contribution in [2.75, 3.05) is 29.9 Å². The highest BCUT2D eigenvalue weighted by Gasteiger charge is 2.30. The van der Waals surface area contributed by atoms with E-state index < -0.39 is 23.7 Å². The summed E-state index contributed by atoms with van der Waals surface area (Å²) in [5, 5.41) is 5.49. The highest BCUT2D eigenvalue weighted by molar-refractivity contribution is 5.92. The van der Waals surface area contributed by atoms with E-state index in [4.69, 9.17) is 4.74 Å². The van der Waals surface area contributed by atoms with Crippen LogP contribution >= 0.6 is 0 Å². The molecule has 2 N–H and O–H groups in total. The molecule has 0 aromatic heterocycles. The summed E-state index contributed by atoms with van der Waals surface area (Å²) in [4.78, 5) is 26.6. The molecule has 9 heteroatoms. The van der Waals surface area contributed by atoms with E-state index in [0.717, 1.165) is 55.9 Å². The Labute approximate surface area is 184 Å². The minimum Gasteiger partial charge on any atom is -0.484 e. The fourth-order valence-electron chi connectivity index (χ4n) is 3.50. The predicted octanol–water partition coefficient (Wildman–Crippen LogP) is 4.22. The molecular formula is C23H26F3N3O3. The second-order valence-corrected chi connectivity index (χ2v) is 7.78. The number of rotatable bonds is 8. The summed E-state index contributed by atoms with van der Waals surface area (Å²) < 4.78 is 42.9. The minimum atomic E-state index is -4.43. The van der Waals surface area contributed by atoms with Crippen molar-refractivity contribution in [3.8, 4) is 5.75 Å². The van der Waals surface area contributed by atoms with Crippen molar-refractivity contribution in [3.63, 3.8) is 0 Å². The summed E-state index contributed by atoms with van der Waals surface area (Å²) in [6, 6.07) is 11.3. The number of amides is 2. The van der Waals surface area contributed by atoms with E-state index in [1.807, 2.05) is 24.3 Å². The number of halogens is 3. The lowest BCUT2D eigenvalue weighted by Crippen LogP contribution is -2.38. The Hall–Kier alpha value is -3.23. The van der Waals surface area contributed by atoms with Gasteiger partial charge in [0.1, 0.15) is 5.75 Å². The predicted molar refractivity (Wildman–Crippen MR) is 116 cm³/mol. The largest absolute Gasteiger partial charge is 0.484 e. The Morgan fingerprint density at radius 2 is 1.75 bits per heavy atom. The van der Waals surface area contributed by atoms with Gasteiger partial charge in [0, 0.05) is 36.9 Å². The van der Waals surface area contributed by atoms with Crippen LogP contribution in [0.15, 0.2) is 48.5 Å². The molecular weight excluding hydrogens is 423 g/mol. The molecule has 32 heavy (non-hydrogen) atoms. The van der Waals surface area contributed by atoms with Crippen molar-refractivity contribution in [2.24, 2.45) is 0 Å². The Bertz CT molecular complexity index is 926. The normalized spacial score (nSPS) is 14.7. The van der Waals surface area contributed by atoms with Crippen molar-refractivity contribution in [1.82, 2.24) is 5.32 Å². The molecule has 0 bridgehead atoms. The highest BCUT2D eigenvalue weighted by Crippen LogP contribution is 2.30. The molecule has 0 spiro atoms. The van der Waals surface area contributed by atoms with Gasteiger partial charge in [0.25, 0.3) is 5.91 Å². The monoisotopic (exact) mass is 449 g/mol. The number of nitrogens with zero attached hydrogens (tertiary/aromatic N) is 1. The van der Waals surface area contributed by atoms with E-state index in [0.29, 0.717) is 5.69 Å². The summed E-state index contributed by atoms with van der Waals surface area (Å²) in [6.45, 7) is 3.34. The molecule has 2 aromatic rings. The first-order valence-corrected chi connectivity index (χ1v) is 10.4. The molecule has 0 radical (unpaired) electrons. The van der Waals surface area contributed by atoms with Gasteiger partial charge >= 0.3 is 6.18 Å². The average Bonchev–Trinajstić information content (AvgIpc) is 3.27. The summed E-state index contributed by atoms with van der Waals surface area (Å²) >= 11 is 0. The van der Waals surface area contributed by atoms with Crippen LogP contribution in [-0.2, 0) is 15.8 Å². The Kier molecular flexibility index (Phi) is 7.61. The smallest absolute Gasteiger partial charge is 0.416 e. The third-order valence-electron chi connectivity index (χ3n) is 5.05. The molecule has 2 amide bonds.